The van der Waals surface area contributed by atoms with Crippen LogP contribution >= 0.6 is 0 Å². The van der Waals surface area contributed by atoms with E-state index in [0.717, 1.165) is 19.4 Å². The average molecular weight is 298 g/mol. The fourth-order valence-electron chi connectivity index (χ4n) is 2.53. The van der Waals surface area contributed by atoms with Gasteiger partial charge in [0.2, 0.25) is 5.95 Å². The van der Waals surface area contributed by atoms with Crippen molar-refractivity contribution in [3.8, 4) is 0 Å². The minimum atomic E-state index is -0.180. The number of aromatic nitrogens is 3. The molecule has 0 bridgehead atoms. The minimum absolute atomic E-state index is 0.0596. The Labute approximate surface area is 128 Å². The van der Waals surface area contributed by atoms with Crippen LogP contribution < -0.4 is 16.0 Å². The zero-order valence-corrected chi connectivity index (χ0v) is 12.1. The van der Waals surface area contributed by atoms with Crippen molar-refractivity contribution in [2.75, 3.05) is 23.7 Å². The van der Waals surface area contributed by atoms with Gasteiger partial charge in [-0.05, 0) is 31.0 Å². The van der Waals surface area contributed by atoms with Gasteiger partial charge in [0.1, 0.15) is 5.69 Å². The van der Waals surface area contributed by atoms with Crippen LogP contribution in [0.2, 0.25) is 0 Å². The SMILES string of the molecule is Nc1ccc(C(=O)NC2CCCN(c3ncccn3)C2)nc1. The van der Waals surface area contributed by atoms with Gasteiger partial charge in [0.15, 0.2) is 0 Å². The number of amides is 1. The molecule has 1 amide bonds. The monoisotopic (exact) mass is 298 g/mol. The number of nitrogen functional groups attached to an aromatic ring is 1. The highest BCUT2D eigenvalue weighted by Gasteiger charge is 2.23. The lowest BCUT2D eigenvalue weighted by molar-refractivity contribution is 0.0928. The van der Waals surface area contributed by atoms with Crippen molar-refractivity contribution in [1.29, 1.82) is 0 Å². The van der Waals surface area contributed by atoms with E-state index in [1.54, 1.807) is 30.6 Å². The van der Waals surface area contributed by atoms with Crippen LogP contribution in [-0.2, 0) is 0 Å². The molecule has 1 atom stereocenters. The summed E-state index contributed by atoms with van der Waals surface area (Å²) in [6, 6.07) is 5.15. The Morgan fingerprint density at radius 1 is 1.27 bits per heavy atom. The number of carbonyl (C=O) groups excluding carboxylic acids is 1. The van der Waals surface area contributed by atoms with Crippen molar-refractivity contribution in [1.82, 2.24) is 20.3 Å². The Balaban J connectivity index is 1.63. The summed E-state index contributed by atoms with van der Waals surface area (Å²) in [5.74, 6) is 0.521. The maximum Gasteiger partial charge on any atom is 0.270 e. The van der Waals surface area contributed by atoms with Gasteiger partial charge in [-0.3, -0.25) is 4.79 Å². The Hall–Kier alpha value is -2.70. The van der Waals surface area contributed by atoms with E-state index in [4.69, 9.17) is 5.73 Å². The second-order valence-corrected chi connectivity index (χ2v) is 5.28. The van der Waals surface area contributed by atoms with Crippen molar-refractivity contribution < 1.29 is 4.79 Å². The molecule has 2 aromatic rings. The van der Waals surface area contributed by atoms with Gasteiger partial charge in [-0.15, -0.1) is 0 Å². The van der Waals surface area contributed by atoms with E-state index in [1.165, 1.54) is 6.20 Å². The van der Waals surface area contributed by atoms with Gasteiger partial charge in [-0.2, -0.15) is 0 Å². The fraction of sp³-hybridized carbons (Fsp3) is 0.333. The fourth-order valence-corrected chi connectivity index (χ4v) is 2.53. The zero-order chi connectivity index (χ0) is 15.4. The first-order valence-electron chi connectivity index (χ1n) is 7.27. The van der Waals surface area contributed by atoms with E-state index in [2.05, 4.69) is 25.2 Å². The molecular formula is C15H18N6O. The summed E-state index contributed by atoms with van der Waals surface area (Å²) in [6.45, 7) is 1.60. The van der Waals surface area contributed by atoms with E-state index in [0.29, 0.717) is 23.9 Å². The number of hydrogen-bond acceptors (Lipinski definition) is 6. The van der Waals surface area contributed by atoms with Crippen LogP contribution in [0, 0.1) is 0 Å². The maximum atomic E-state index is 12.2. The standard InChI is InChI=1S/C15H18N6O/c16-11-4-5-13(19-9-11)14(22)20-12-3-1-8-21(10-12)15-17-6-2-7-18-15/h2,4-7,9,12H,1,3,8,10,16H2,(H,20,22). The molecule has 1 saturated heterocycles. The molecule has 0 saturated carbocycles. The molecule has 1 aliphatic heterocycles. The van der Waals surface area contributed by atoms with Crippen LogP contribution in [-0.4, -0.2) is 40.0 Å². The van der Waals surface area contributed by atoms with Crippen molar-refractivity contribution in [3.63, 3.8) is 0 Å². The predicted molar refractivity (Wildman–Crippen MR) is 83.4 cm³/mol. The number of anilines is 2. The number of rotatable bonds is 3. The molecule has 114 valence electrons. The lowest BCUT2D eigenvalue weighted by atomic mass is 10.1. The van der Waals surface area contributed by atoms with Crippen molar-refractivity contribution in [2.24, 2.45) is 0 Å². The summed E-state index contributed by atoms with van der Waals surface area (Å²) >= 11 is 0. The maximum absolute atomic E-state index is 12.2. The van der Waals surface area contributed by atoms with E-state index < -0.39 is 0 Å². The number of pyridine rings is 1. The van der Waals surface area contributed by atoms with Crippen LogP contribution in [0.5, 0.6) is 0 Å². The molecule has 3 N–H and O–H groups in total. The molecular weight excluding hydrogens is 280 g/mol. The van der Waals surface area contributed by atoms with Crippen molar-refractivity contribution in [2.45, 2.75) is 18.9 Å². The molecule has 0 aliphatic carbocycles. The smallest absolute Gasteiger partial charge is 0.270 e. The van der Waals surface area contributed by atoms with Gasteiger partial charge in [0, 0.05) is 31.5 Å². The zero-order valence-electron chi connectivity index (χ0n) is 12.1. The number of nitrogens with two attached hydrogens (primary N) is 1. The van der Waals surface area contributed by atoms with Gasteiger partial charge in [-0.1, -0.05) is 0 Å². The quantitative estimate of drug-likeness (QED) is 0.872. The molecule has 0 aromatic carbocycles. The van der Waals surface area contributed by atoms with E-state index in [9.17, 15) is 4.79 Å². The largest absolute Gasteiger partial charge is 0.397 e. The van der Waals surface area contributed by atoms with Gasteiger partial charge in [0.25, 0.3) is 5.91 Å². The predicted octanol–water partition coefficient (Wildman–Crippen LogP) is 0.853. The van der Waals surface area contributed by atoms with Crippen LogP contribution in [0.3, 0.4) is 0 Å². The Morgan fingerprint density at radius 2 is 2.09 bits per heavy atom. The van der Waals surface area contributed by atoms with Crippen LogP contribution in [0.1, 0.15) is 23.3 Å². The van der Waals surface area contributed by atoms with Gasteiger partial charge >= 0.3 is 0 Å². The van der Waals surface area contributed by atoms with Crippen LogP contribution in [0.15, 0.2) is 36.8 Å². The average Bonchev–Trinajstić information content (AvgIpc) is 2.56. The Morgan fingerprint density at radius 3 is 2.82 bits per heavy atom. The van der Waals surface area contributed by atoms with Gasteiger partial charge in [0.05, 0.1) is 11.9 Å². The summed E-state index contributed by atoms with van der Waals surface area (Å²) in [5, 5.41) is 3.01. The van der Waals surface area contributed by atoms with Crippen LogP contribution in [0.25, 0.3) is 0 Å². The summed E-state index contributed by atoms with van der Waals surface area (Å²) in [6.07, 6.45) is 6.86. The normalized spacial score (nSPS) is 18.0. The molecule has 3 heterocycles. The molecule has 2 aromatic heterocycles. The highest BCUT2D eigenvalue weighted by atomic mass is 16.1. The van der Waals surface area contributed by atoms with E-state index >= 15 is 0 Å². The molecule has 1 fully saturated rings. The molecule has 7 heteroatoms. The highest BCUT2D eigenvalue weighted by molar-refractivity contribution is 5.92. The molecule has 1 aliphatic rings. The molecule has 3 rings (SSSR count). The lowest BCUT2D eigenvalue weighted by Crippen LogP contribution is -2.48. The highest BCUT2D eigenvalue weighted by Crippen LogP contribution is 2.15. The van der Waals surface area contributed by atoms with Crippen molar-refractivity contribution >= 4 is 17.5 Å². The first-order valence-corrected chi connectivity index (χ1v) is 7.27. The third kappa shape index (κ3) is 3.30. The van der Waals surface area contributed by atoms with Gasteiger partial charge < -0.3 is 16.0 Å². The topological polar surface area (TPSA) is 97.0 Å². The molecule has 0 radical (unpaired) electrons. The summed E-state index contributed by atoms with van der Waals surface area (Å²) in [7, 11) is 0. The molecule has 22 heavy (non-hydrogen) atoms. The number of nitrogens with one attached hydrogen (secondary N) is 1. The second-order valence-electron chi connectivity index (χ2n) is 5.28. The minimum Gasteiger partial charge on any atom is -0.397 e. The third-order valence-electron chi connectivity index (χ3n) is 3.61. The van der Waals surface area contributed by atoms with Gasteiger partial charge in [-0.25, -0.2) is 15.0 Å². The number of nitrogens with zero attached hydrogens (tertiary/aromatic N) is 4. The summed E-state index contributed by atoms with van der Waals surface area (Å²) in [4.78, 5) is 26.9. The van der Waals surface area contributed by atoms with Crippen molar-refractivity contribution in [3.05, 3.63) is 42.5 Å². The molecule has 1 unspecified atom stereocenters. The van der Waals surface area contributed by atoms with E-state index in [-0.39, 0.29) is 11.9 Å². The number of hydrogen-bond donors (Lipinski definition) is 2. The Kier molecular flexibility index (Phi) is 4.13. The number of piperidine rings is 1. The first kappa shape index (κ1) is 14.2. The first-order chi connectivity index (χ1) is 10.7. The molecule has 7 nitrogen and oxygen atoms in total. The Bertz CT molecular complexity index is 630. The lowest BCUT2D eigenvalue weighted by Gasteiger charge is -2.33. The van der Waals surface area contributed by atoms with Crippen LogP contribution in [0.4, 0.5) is 11.6 Å². The second kappa shape index (κ2) is 6.38. The number of carbonyl (C=O) groups is 1. The summed E-state index contributed by atoms with van der Waals surface area (Å²) in [5.41, 5.74) is 6.50. The molecule has 0 spiro atoms. The van der Waals surface area contributed by atoms with E-state index in [1.807, 2.05) is 0 Å². The summed E-state index contributed by atoms with van der Waals surface area (Å²) < 4.78 is 0. The third-order valence-corrected chi connectivity index (χ3v) is 3.61.